The Hall–Kier alpha value is -3.13. The summed E-state index contributed by atoms with van der Waals surface area (Å²) in [7, 11) is 0. The van der Waals surface area contributed by atoms with Crippen LogP contribution in [-0.2, 0) is 4.79 Å². The van der Waals surface area contributed by atoms with Crippen LogP contribution in [0.15, 0.2) is 58.5 Å². The minimum atomic E-state index is -0.921. The van der Waals surface area contributed by atoms with Crippen LogP contribution in [0.1, 0.15) is 12.5 Å². The van der Waals surface area contributed by atoms with Crippen molar-refractivity contribution in [3.63, 3.8) is 0 Å². The van der Waals surface area contributed by atoms with Crippen molar-refractivity contribution in [3.8, 4) is 5.69 Å². The zero-order chi connectivity index (χ0) is 19.6. The van der Waals surface area contributed by atoms with Gasteiger partial charge in [-0.2, -0.15) is 0 Å². The van der Waals surface area contributed by atoms with E-state index in [0.717, 1.165) is 17.3 Å². The number of hydrogen-bond donors (Lipinski definition) is 2. The first-order valence-corrected chi connectivity index (χ1v) is 9.10. The maximum absolute atomic E-state index is 13.1. The molecular formula is C19H18N4O3S. The van der Waals surface area contributed by atoms with E-state index in [4.69, 9.17) is 5.73 Å². The highest BCUT2D eigenvalue weighted by atomic mass is 32.2. The van der Waals surface area contributed by atoms with E-state index in [1.165, 1.54) is 4.57 Å². The molecular weight excluding hydrogens is 364 g/mol. The summed E-state index contributed by atoms with van der Waals surface area (Å²) >= 11 is 1.08. The van der Waals surface area contributed by atoms with E-state index >= 15 is 0 Å². The van der Waals surface area contributed by atoms with Crippen molar-refractivity contribution < 1.29 is 9.59 Å². The van der Waals surface area contributed by atoms with E-state index in [0.29, 0.717) is 21.7 Å². The van der Waals surface area contributed by atoms with Gasteiger partial charge in [0, 0.05) is 0 Å². The number of nitrogens with one attached hydrogen (secondary N) is 1. The highest BCUT2D eigenvalue weighted by Gasteiger charge is 2.21. The number of primary amides is 1. The summed E-state index contributed by atoms with van der Waals surface area (Å²) in [4.78, 5) is 40.6. The fraction of sp³-hybridized carbons (Fsp3) is 0.158. The second kappa shape index (κ2) is 7.63. The number of nitrogens with zero attached hydrogens (tertiary/aromatic N) is 2. The SMILES string of the molecule is Cc1ccc(-n2c(S[C@H](C)C(=O)NC(N)=O)nc3ccccc3c2=O)cc1. The van der Waals surface area contributed by atoms with E-state index in [9.17, 15) is 14.4 Å². The zero-order valence-corrected chi connectivity index (χ0v) is 15.6. The molecule has 3 rings (SSSR count). The number of carbonyl (C=O) groups excluding carboxylic acids is 2. The Bertz CT molecular complexity index is 1080. The van der Waals surface area contributed by atoms with Gasteiger partial charge in [0.25, 0.3) is 5.56 Å². The number of urea groups is 1. The summed E-state index contributed by atoms with van der Waals surface area (Å²) in [5.74, 6) is -0.551. The van der Waals surface area contributed by atoms with Crippen molar-refractivity contribution >= 4 is 34.6 Å². The number of aryl methyl sites for hydroxylation is 1. The van der Waals surface area contributed by atoms with Crippen LogP contribution in [0.5, 0.6) is 0 Å². The summed E-state index contributed by atoms with van der Waals surface area (Å²) in [6.07, 6.45) is 0. The summed E-state index contributed by atoms with van der Waals surface area (Å²) < 4.78 is 1.47. The number of para-hydroxylation sites is 1. The van der Waals surface area contributed by atoms with Crippen molar-refractivity contribution in [1.29, 1.82) is 0 Å². The number of aromatic nitrogens is 2. The molecule has 1 aromatic heterocycles. The lowest BCUT2D eigenvalue weighted by molar-refractivity contribution is -0.119. The van der Waals surface area contributed by atoms with Crippen LogP contribution >= 0.6 is 11.8 Å². The number of hydrogen-bond acceptors (Lipinski definition) is 5. The second-order valence-corrected chi connectivity index (χ2v) is 7.31. The minimum Gasteiger partial charge on any atom is -0.351 e. The van der Waals surface area contributed by atoms with Gasteiger partial charge in [-0.1, -0.05) is 41.6 Å². The highest BCUT2D eigenvalue weighted by Crippen LogP contribution is 2.25. The average molecular weight is 382 g/mol. The number of carbonyl (C=O) groups is 2. The topological polar surface area (TPSA) is 107 Å². The van der Waals surface area contributed by atoms with E-state index in [-0.39, 0.29) is 5.56 Å². The molecule has 8 heteroatoms. The van der Waals surface area contributed by atoms with Crippen LogP contribution in [0.3, 0.4) is 0 Å². The molecule has 7 nitrogen and oxygen atoms in total. The van der Waals surface area contributed by atoms with Crippen molar-refractivity contribution in [3.05, 3.63) is 64.4 Å². The van der Waals surface area contributed by atoms with Crippen molar-refractivity contribution in [2.45, 2.75) is 24.3 Å². The molecule has 0 bridgehead atoms. The molecule has 0 fully saturated rings. The summed E-state index contributed by atoms with van der Waals surface area (Å²) in [5, 5.41) is 2.21. The number of nitrogens with two attached hydrogens (primary N) is 1. The standard InChI is InChI=1S/C19H18N4O3S/c1-11-7-9-13(10-8-11)23-17(25)14-5-3-4-6-15(14)21-19(23)27-12(2)16(24)22-18(20)26/h3-10,12H,1-2H3,(H3,20,22,24,26)/t12-/m1/s1. The lowest BCUT2D eigenvalue weighted by Gasteiger charge is -2.16. The van der Waals surface area contributed by atoms with Crippen LogP contribution in [0, 0.1) is 6.92 Å². The summed E-state index contributed by atoms with van der Waals surface area (Å²) in [6.45, 7) is 3.57. The third-order valence-electron chi connectivity index (χ3n) is 3.93. The zero-order valence-electron chi connectivity index (χ0n) is 14.8. The lowest BCUT2D eigenvalue weighted by Crippen LogP contribution is -2.39. The Morgan fingerprint density at radius 3 is 2.48 bits per heavy atom. The Balaban J connectivity index is 2.13. The molecule has 0 radical (unpaired) electrons. The molecule has 1 atom stereocenters. The Morgan fingerprint density at radius 2 is 1.81 bits per heavy atom. The van der Waals surface area contributed by atoms with Crippen LogP contribution < -0.4 is 16.6 Å². The van der Waals surface area contributed by atoms with E-state index in [1.54, 1.807) is 31.2 Å². The molecule has 3 N–H and O–H groups in total. The summed E-state index contributed by atoms with van der Waals surface area (Å²) in [6, 6.07) is 13.6. The van der Waals surface area contributed by atoms with Crippen LogP contribution in [0.4, 0.5) is 4.79 Å². The summed E-state index contributed by atoms with van der Waals surface area (Å²) in [5.41, 5.74) is 7.02. The molecule has 0 saturated carbocycles. The number of thioether (sulfide) groups is 1. The van der Waals surface area contributed by atoms with Gasteiger partial charge in [0.1, 0.15) is 0 Å². The van der Waals surface area contributed by atoms with Gasteiger partial charge in [-0.15, -0.1) is 0 Å². The maximum Gasteiger partial charge on any atom is 0.318 e. The number of rotatable bonds is 4. The van der Waals surface area contributed by atoms with Crippen molar-refractivity contribution in [1.82, 2.24) is 14.9 Å². The van der Waals surface area contributed by atoms with Crippen molar-refractivity contribution in [2.24, 2.45) is 5.73 Å². The van der Waals surface area contributed by atoms with E-state index in [1.807, 2.05) is 36.5 Å². The van der Waals surface area contributed by atoms with Crippen LogP contribution in [0.2, 0.25) is 0 Å². The fourth-order valence-corrected chi connectivity index (χ4v) is 3.47. The molecule has 0 unspecified atom stereocenters. The van der Waals surface area contributed by atoms with E-state index < -0.39 is 17.2 Å². The monoisotopic (exact) mass is 382 g/mol. The lowest BCUT2D eigenvalue weighted by atomic mass is 10.2. The van der Waals surface area contributed by atoms with Gasteiger partial charge in [0.15, 0.2) is 5.16 Å². The highest BCUT2D eigenvalue weighted by molar-refractivity contribution is 8.00. The molecule has 0 aliphatic heterocycles. The molecule has 2 aromatic carbocycles. The molecule has 3 amide bonds. The van der Waals surface area contributed by atoms with Gasteiger partial charge < -0.3 is 5.73 Å². The third-order valence-corrected chi connectivity index (χ3v) is 4.99. The molecule has 138 valence electrons. The maximum atomic E-state index is 13.1. The smallest absolute Gasteiger partial charge is 0.318 e. The fourth-order valence-electron chi connectivity index (χ4n) is 2.55. The van der Waals surface area contributed by atoms with Gasteiger partial charge in [-0.05, 0) is 38.1 Å². The predicted octanol–water partition coefficient (Wildman–Crippen LogP) is 2.37. The Morgan fingerprint density at radius 1 is 1.15 bits per heavy atom. The van der Waals surface area contributed by atoms with E-state index in [2.05, 4.69) is 4.98 Å². The first-order chi connectivity index (χ1) is 12.9. The molecule has 0 aliphatic rings. The van der Waals surface area contributed by atoms with Crippen molar-refractivity contribution in [2.75, 3.05) is 0 Å². The third kappa shape index (κ3) is 4.01. The van der Waals surface area contributed by atoms with Gasteiger partial charge in [0.05, 0.1) is 21.8 Å². The van der Waals surface area contributed by atoms with Gasteiger partial charge in [-0.3, -0.25) is 19.5 Å². The second-order valence-electron chi connectivity index (χ2n) is 6.00. The largest absolute Gasteiger partial charge is 0.351 e. The van der Waals surface area contributed by atoms with Gasteiger partial charge >= 0.3 is 6.03 Å². The van der Waals surface area contributed by atoms with Crippen LogP contribution in [-0.4, -0.2) is 26.7 Å². The Kier molecular flexibility index (Phi) is 5.27. The van der Waals surface area contributed by atoms with Crippen LogP contribution in [0.25, 0.3) is 16.6 Å². The normalized spacial score (nSPS) is 11.9. The molecule has 1 heterocycles. The average Bonchev–Trinajstić information content (AvgIpc) is 2.62. The predicted molar refractivity (Wildman–Crippen MR) is 105 cm³/mol. The van der Waals surface area contributed by atoms with Gasteiger partial charge in [0.2, 0.25) is 5.91 Å². The van der Waals surface area contributed by atoms with Gasteiger partial charge in [-0.25, -0.2) is 9.78 Å². The molecule has 0 spiro atoms. The first kappa shape index (κ1) is 18.7. The number of fused-ring (bicyclic) bond motifs is 1. The number of benzene rings is 2. The number of amides is 3. The Labute approximate surface area is 159 Å². The molecule has 27 heavy (non-hydrogen) atoms. The minimum absolute atomic E-state index is 0.227. The molecule has 0 aliphatic carbocycles. The molecule has 0 saturated heterocycles. The molecule has 3 aromatic rings. The number of imide groups is 1. The quantitative estimate of drug-likeness (QED) is 0.532. The first-order valence-electron chi connectivity index (χ1n) is 8.22.